The summed E-state index contributed by atoms with van der Waals surface area (Å²) in [6.07, 6.45) is 0. The van der Waals surface area contributed by atoms with Crippen LogP contribution in [0, 0.1) is 0 Å². The summed E-state index contributed by atoms with van der Waals surface area (Å²) in [6.45, 7) is 1.75. The van der Waals surface area contributed by atoms with Crippen molar-refractivity contribution >= 4 is 27.7 Å². The molecule has 3 rings (SSSR count). The number of hydrogen-bond acceptors (Lipinski definition) is 2. The normalized spacial score (nSPS) is 17.5. The van der Waals surface area contributed by atoms with Gasteiger partial charge in [0.05, 0.1) is 6.04 Å². The van der Waals surface area contributed by atoms with Gasteiger partial charge in [0, 0.05) is 21.3 Å². The summed E-state index contributed by atoms with van der Waals surface area (Å²) in [4.78, 5) is 24.8. The molecule has 0 radical (unpaired) electrons. The molecule has 0 saturated carbocycles. The van der Waals surface area contributed by atoms with E-state index in [4.69, 9.17) is 0 Å². The highest BCUT2D eigenvalue weighted by Crippen LogP contribution is 2.30. The van der Waals surface area contributed by atoms with Crippen molar-refractivity contribution in [3.05, 3.63) is 81.5 Å². The van der Waals surface area contributed by atoms with Crippen molar-refractivity contribution in [2.75, 3.05) is 0 Å². The summed E-state index contributed by atoms with van der Waals surface area (Å²) in [7, 11) is 0. The zero-order valence-corrected chi connectivity index (χ0v) is 14.1. The molecule has 1 atom stereocenters. The Morgan fingerprint density at radius 1 is 1.04 bits per heavy atom. The van der Waals surface area contributed by atoms with Crippen LogP contribution in [0.15, 0.2) is 70.3 Å². The van der Waals surface area contributed by atoms with Crippen molar-refractivity contribution in [3.63, 3.8) is 0 Å². The third-order valence-corrected chi connectivity index (χ3v) is 4.28. The van der Waals surface area contributed by atoms with Crippen molar-refractivity contribution in [3.8, 4) is 0 Å². The summed E-state index contributed by atoms with van der Waals surface area (Å²) < 4.78 is 0.943. The molecular weight excluding hydrogens is 356 g/mol. The Labute approximate surface area is 142 Å². The number of halogens is 1. The number of rotatable bonds is 3. The molecule has 2 aromatic carbocycles. The Morgan fingerprint density at radius 3 is 2.35 bits per heavy atom. The van der Waals surface area contributed by atoms with Crippen LogP contribution in [0.1, 0.15) is 28.9 Å². The van der Waals surface area contributed by atoms with Gasteiger partial charge in [0.2, 0.25) is 0 Å². The molecule has 0 unspecified atom stereocenters. The molecule has 2 amide bonds. The first-order valence-corrected chi connectivity index (χ1v) is 7.99. The molecule has 2 N–H and O–H groups in total. The SMILES string of the molecule is CC1=C(C(=O)c2ccccc2)[C@H](c2ccc(Br)cc2)NC(=O)N1. The number of carbonyl (C=O) groups is 2. The van der Waals surface area contributed by atoms with Crippen LogP contribution in [0.5, 0.6) is 0 Å². The number of carbonyl (C=O) groups excluding carboxylic acids is 2. The molecule has 4 nitrogen and oxygen atoms in total. The lowest BCUT2D eigenvalue weighted by molar-refractivity contribution is 0.102. The number of allylic oxidation sites excluding steroid dienone is 1. The lowest BCUT2D eigenvalue weighted by atomic mass is 9.90. The summed E-state index contributed by atoms with van der Waals surface area (Å²) in [5, 5.41) is 5.53. The van der Waals surface area contributed by atoms with E-state index in [-0.39, 0.29) is 11.8 Å². The van der Waals surface area contributed by atoms with Crippen LogP contribution >= 0.6 is 15.9 Å². The van der Waals surface area contributed by atoms with Crippen molar-refractivity contribution in [2.24, 2.45) is 0 Å². The molecule has 5 heteroatoms. The Balaban J connectivity index is 2.06. The minimum absolute atomic E-state index is 0.0940. The number of nitrogens with one attached hydrogen (secondary N) is 2. The Bertz CT molecular complexity index is 782. The monoisotopic (exact) mass is 370 g/mol. The maximum absolute atomic E-state index is 12.9. The molecule has 0 spiro atoms. The molecule has 0 aromatic heterocycles. The average Bonchev–Trinajstić information content (AvgIpc) is 2.55. The lowest BCUT2D eigenvalue weighted by Gasteiger charge is -2.28. The average molecular weight is 371 g/mol. The van der Waals surface area contributed by atoms with Gasteiger partial charge in [-0.25, -0.2) is 4.79 Å². The number of hydrogen-bond donors (Lipinski definition) is 2. The first-order chi connectivity index (χ1) is 11.1. The maximum atomic E-state index is 12.9. The Morgan fingerprint density at radius 2 is 1.70 bits per heavy atom. The number of urea groups is 1. The maximum Gasteiger partial charge on any atom is 0.319 e. The molecule has 0 saturated heterocycles. The minimum atomic E-state index is -0.468. The second-order valence-corrected chi connectivity index (χ2v) is 6.23. The standard InChI is InChI=1S/C18H15BrN2O2/c1-11-15(17(22)13-5-3-2-4-6-13)16(21-18(23)20-11)12-7-9-14(19)10-8-12/h2-10,16H,1H3,(H2,20,21,23)/t16-/m0/s1. The molecule has 0 bridgehead atoms. The molecular formula is C18H15BrN2O2. The van der Waals surface area contributed by atoms with E-state index in [1.165, 1.54) is 0 Å². The van der Waals surface area contributed by atoms with Gasteiger partial charge in [0.1, 0.15) is 0 Å². The highest BCUT2D eigenvalue weighted by Gasteiger charge is 2.31. The van der Waals surface area contributed by atoms with Crippen LogP contribution in [0.25, 0.3) is 0 Å². The Kier molecular flexibility index (Phi) is 4.30. The van der Waals surface area contributed by atoms with Gasteiger partial charge in [-0.2, -0.15) is 0 Å². The van der Waals surface area contributed by atoms with E-state index in [1.54, 1.807) is 19.1 Å². The van der Waals surface area contributed by atoms with Crippen molar-refractivity contribution in [1.29, 1.82) is 0 Å². The zero-order chi connectivity index (χ0) is 16.4. The number of ketones is 1. The van der Waals surface area contributed by atoms with Crippen LogP contribution in [0.2, 0.25) is 0 Å². The van der Waals surface area contributed by atoms with Gasteiger partial charge >= 0.3 is 6.03 Å². The van der Waals surface area contributed by atoms with E-state index in [0.29, 0.717) is 16.8 Å². The fourth-order valence-electron chi connectivity index (χ4n) is 2.65. The Hall–Kier alpha value is -2.40. The topological polar surface area (TPSA) is 58.2 Å². The number of benzene rings is 2. The van der Waals surface area contributed by atoms with E-state index in [0.717, 1.165) is 10.0 Å². The van der Waals surface area contributed by atoms with E-state index in [1.807, 2.05) is 42.5 Å². The highest BCUT2D eigenvalue weighted by atomic mass is 79.9. The molecule has 0 aliphatic carbocycles. The highest BCUT2D eigenvalue weighted by molar-refractivity contribution is 9.10. The van der Waals surface area contributed by atoms with Crippen LogP contribution in [0.3, 0.4) is 0 Å². The van der Waals surface area contributed by atoms with Gasteiger partial charge in [-0.1, -0.05) is 58.4 Å². The molecule has 2 aromatic rings. The van der Waals surface area contributed by atoms with Crippen molar-refractivity contribution < 1.29 is 9.59 Å². The van der Waals surface area contributed by atoms with Crippen LogP contribution in [0.4, 0.5) is 4.79 Å². The van der Waals surface area contributed by atoms with E-state index in [2.05, 4.69) is 26.6 Å². The van der Waals surface area contributed by atoms with Crippen molar-refractivity contribution in [2.45, 2.75) is 13.0 Å². The molecule has 1 aliphatic heterocycles. The summed E-state index contributed by atoms with van der Waals surface area (Å²) in [5.74, 6) is -0.0940. The second kappa shape index (κ2) is 6.38. The summed E-state index contributed by atoms with van der Waals surface area (Å²) >= 11 is 3.40. The first kappa shape index (κ1) is 15.5. The predicted octanol–water partition coefficient (Wildman–Crippen LogP) is 3.96. The quantitative estimate of drug-likeness (QED) is 0.803. The molecule has 116 valence electrons. The largest absolute Gasteiger partial charge is 0.327 e. The van der Waals surface area contributed by atoms with Gasteiger partial charge in [-0.3, -0.25) is 4.79 Å². The molecule has 23 heavy (non-hydrogen) atoms. The molecule has 1 heterocycles. The predicted molar refractivity (Wildman–Crippen MR) is 92.0 cm³/mol. The van der Waals surface area contributed by atoms with Gasteiger partial charge in [0.15, 0.2) is 5.78 Å². The fourth-order valence-corrected chi connectivity index (χ4v) is 2.91. The second-order valence-electron chi connectivity index (χ2n) is 5.32. The fraction of sp³-hybridized carbons (Fsp3) is 0.111. The van der Waals surface area contributed by atoms with Crippen molar-refractivity contribution in [1.82, 2.24) is 10.6 Å². The molecule has 1 aliphatic rings. The van der Waals surface area contributed by atoms with Gasteiger partial charge in [-0.05, 0) is 24.6 Å². The third kappa shape index (κ3) is 3.19. The number of amides is 2. The van der Waals surface area contributed by atoms with E-state index < -0.39 is 6.04 Å². The first-order valence-electron chi connectivity index (χ1n) is 7.20. The van der Waals surface area contributed by atoms with Crippen LogP contribution in [-0.4, -0.2) is 11.8 Å². The van der Waals surface area contributed by atoms with Gasteiger partial charge in [-0.15, -0.1) is 0 Å². The van der Waals surface area contributed by atoms with Gasteiger partial charge in [0.25, 0.3) is 0 Å². The van der Waals surface area contributed by atoms with E-state index >= 15 is 0 Å². The van der Waals surface area contributed by atoms with Crippen LogP contribution in [-0.2, 0) is 0 Å². The zero-order valence-electron chi connectivity index (χ0n) is 12.5. The van der Waals surface area contributed by atoms with E-state index in [9.17, 15) is 9.59 Å². The lowest BCUT2D eigenvalue weighted by Crippen LogP contribution is -2.45. The summed E-state index contributed by atoms with van der Waals surface area (Å²) in [5.41, 5.74) is 2.59. The minimum Gasteiger partial charge on any atom is -0.327 e. The van der Waals surface area contributed by atoms with Gasteiger partial charge < -0.3 is 10.6 Å². The molecule has 0 fully saturated rings. The third-order valence-electron chi connectivity index (χ3n) is 3.75. The smallest absolute Gasteiger partial charge is 0.319 e. The van der Waals surface area contributed by atoms with Crippen LogP contribution < -0.4 is 10.6 Å². The number of Topliss-reactive ketones (excluding diaryl/α,β-unsaturated/α-hetero) is 1. The summed E-state index contributed by atoms with van der Waals surface area (Å²) in [6, 6.07) is 15.9.